The average molecular weight is 529 g/mol. The largest absolute Gasteiger partial charge is 0.472 e. The molecule has 2 aliphatic heterocycles. The topological polar surface area (TPSA) is 122 Å². The minimum absolute atomic E-state index is 0.0199. The highest BCUT2D eigenvalue weighted by Gasteiger charge is 2.86. The molecule has 9 heteroatoms. The Morgan fingerprint density at radius 2 is 1.87 bits per heavy atom. The molecule has 5 aliphatic rings. The normalized spacial score (nSPS) is 46.1. The predicted molar refractivity (Wildman–Crippen MR) is 130 cm³/mol. The molecule has 1 aromatic heterocycles. The maximum absolute atomic E-state index is 14.4. The van der Waals surface area contributed by atoms with Crippen LogP contribution in [0, 0.1) is 39.9 Å². The van der Waals surface area contributed by atoms with E-state index in [1.54, 1.807) is 12.5 Å². The molecule has 3 aliphatic carbocycles. The molecular weight excluding hydrogens is 492 g/mol. The summed E-state index contributed by atoms with van der Waals surface area (Å²) in [5.74, 6) is -2.77. The van der Waals surface area contributed by atoms with Crippen LogP contribution >= 0.6 is 0 Å². The monoisotopic (exact) mass is 528 g/mol. The zero-order valence-electron chi connectivity index (χ0n) is 22.8. The third-order valence-electron chi connectivity index (χ3n) is 11.1. The summed E-state index contributed by atoms with van der Waals surface area (Å²) in [4.78, 5) is 52.5. The van der Waals surface area contributed by atoms with Gasteiger partial charge in [-0.15, -0.1) is 0 Å². The van der Waals surface area contributed by atoms with Crippen LogP contribution in [0.25, 0.3) is 0 Å². The molecule has 1 spiro atoms. The number of cyclic esters (lactones) is 1. The van der Waals surface area contributed by atoms with Crippen LogP contribution in [0.1, 0.15) is 72.0 Å². The first-order chi connectivity index (χ1) is 17.8. The second-order valence-corrected chi connectivity index (χ2v) is 13.0. The van der Waals surface area contributed by atoms with Crippen molar-refractivity contribution in [2.75, 3.05) is 7.11 Å². The lowest BCUT2D eigenvalue weighted by molar-refractivity contribution is -0.221. The number of ether oxygens (including phenoxy) is 4. The van der Waals surface area contributed by atoms with Crippen molar-refractivity contribution in [3.63, 3.8) is 0 Å². The summed E-state index contributed by atoms with van der Waals surface area (Å²) < 4.78 is 28.9. The number of fused-ring (bicyclic) bond motifs is 5. The summed E-state index contributed by atoms with van der Waals surface area (Å²) in [6, 6.07) is 1.83. The predicted octanol–water partition coefficient (Wildman–Crippen LogP) is 3.79. The number of esters is 3. The van der Waals surface area contributed by atoms with Crippen LogP contribution < -0.4 is 0 Å². The molecule has 3 heterocycles. The van der Waals surface area contributed by atoms with E-state index in [1.165, 1.54) is 14.0 Å². The molecule has 0 aromatic carbocycles. The first-order valence-corrected chi connectivity index (χ1v) is 13.5. The third kappa shape index (κ3) is 3.02. The van der Waals surface area contributed by atoms with Crippen molar-refractivity contribution in [2.45, 2.75) is 84.2 Å². The zero-order valence-corrected chi connectivity index (χ0v) is 22.8. The minimum Gasteiger partial charge on any atom is -0.472 e. The summed E-state index contributed by atoms with van der Waals surface area (Å²) in [5.41, 5.74) is -2.03. The highest BCUT2D eigenvalue weighted by Crippen LogP contribution is 2.77. The number of ketones is 1. The Balaban J connectivity index is 1.50. The van der Waals surface area contributed by atoms with Gasteiger partial charge < -0.3 is 23.4 Å². The summed E-state index contributed by atoms with van der Waals surface area (Å²) in [5, 5.41) is 0. The fraction of sp³-hybridized carbons (Fsp3) is 0.724. The second-order valence-electron chi connectivity index (χ2n) is 13.0. The standard InChI is InChI=1S/C29H36O9/c1-14(30)36-24-21-22(33)28(5,17(26(24,2)3)11-19(31)34-6)16-7-9-27(4)18(29(16)25(21)38-29)12-20(32)37-23(27)15-8-10-35-13-15/h8,10,13,16-18,21,23-25H,7,9,11-12H2,1-6H3/t16-,17+,18+,21-,23-,24+,25+,27+,28?,29+/m0/s1. The van der Waals surface area contributed by atoms with Gasteiger partial charge in [0.2, 0.25) is 0 Å². The molecule has 206 valence electrons. The third-order valence-corrected chi connectivity index (χ3v) is 11.1. The Hall–Kier alpha value is -2.68. The average Bonchev–Trinajstić information content (AvgIpc) is 3.31. The number of Topliss-reactive ketones (excluding diaryl/α,β-unsaturated/α-hetero) is 1. The van der Waals surface area contributed by atoms with Gasteiger partial charge in [-0.3, -0.25) is 19.2 Å². The Morgan fingerprint density at radius 1 is 1.13 bits per heavy atom. The fourth-order valence-corrected chi connectivity index (χ4v) is 9.48. The number of hydrogen-bond acceptors (Lipinski definition) is 9. The maximum atomic E-state index is 14.4. The summed E-state index contributed by atoms with van der Waals surface area (Å²) in [6.07, 6.45) is 3.05. The van der Waals surface area contributed by atoms with Gasteiger partial charge in [0.15, 0.2) is 0 Å². The van der Waals surface area contributed by atoms with E-state index in [0.717, 1.165) is 12.0 Å². The second kappa shape index (κ2) is 7.93. The lowest BCUT2D eigenvalue weighted by Gasteiger charge is -2.65. The zero-order chi connectivity index (χ0) is 27.4. The van der Waals surface area contributed by atoms with Crippen LogP contribution in [-0.4, -0.2) is 48.6 Å². The fourth-order valence-electron chi connectivity index (χ4n) is 9.48. The van der Waals surface area contributed by atoms with Crippen molar-refractivity contribution >= 4 is 23.7 Å². The highest BCUT2D eigenvalue weighted by atomic mass is 16.6. The van der Waals surface area contributed by atoms with Crippen molar-refractivity contribution in [3.8, 4) is 0 Å². The maximum Gasteiger partial charge on any atom is 0.306 e. The van der Waals surface area contributed by atoms with E-state index in [1.807, 2.05) is 26.8 Å². The molecule has 1 unspecified atom stereocenters. The van der Waals surface area contributed by atoms with Crippen molar-refractivity contribution in [1.82, 2.24) is 0 Å². The van der Waals surface area contributed by atoms with Crippen LogP contribution in [0.2, 0.25) is 0 Å². The molecule has 1 aromatic rings. The summed E-state index contributed by atoms with van der Waals surface area (Å²) >= 11 is 0. The summed E-state index contributed by atoms with van der Waals surface area (Å²) in [7, 11) is 1.34. The number of carbonyl (C=O) groups excluding carboxylic acids is 4. The quantitative estimate of drug-likeness (QED) is 0.326. The minimum atomic E-state index is -0.931. The van der Waals surface area contributed by atoms with Gasteiger partial charge in [0.1, 0.15) is 29.7 Å². The van der Waals surface area contributed by atoms with Crippen molar-refractivity contribution in [2.24, 2.45) is 39.9 Å². The Morgan fingerprint density at radius 3 is 2.50 bits per heavy atom. The number of epoxide rings is 1. The van der Waals surface area contributed by atoms with Gasteiger partial charge in [-0.25, -0.2) is 0 Å². The Bertz CT molecular complexity index is 1200. The van der Waals surface area contributed by atoms with Crippen LogP contribution in [0.15, 0.2) is 23.0 Å². The van der Waals surface area contributed by atoms with E-state index >= 15 is 0 Å². The lowest BCUT2D eigenvalue weighted by Crippen LogP contribution is -2.72. The molecule has 9 nitrogen and oxygen atoms in total. The van der Waals surface area contributed by atoms with Crippen molar-refractivity contribution < 1.29 is 42.5 Å². The van der Waals surface area contributed by atoms with Crippen LogP contribution in [-0.2, 0) is 38.1 Å². The Labute approximate surface area is 221 Å². The van der Waals surface area contributed by atoms with Gasteiger partial charge in [0.25, 0.3) is 0 Å². The first kappa shape index (κ1) is 25.6. The van der Waals surface area contributed by atoms with Gasteiger partial charge in [-0.1, -0.05) is 27.7 Å². The number of hydrogen-bond donors (Lipinski definition) is 0. The molecule has 38 heavy (non-hydrogen) atoms. The van der Waals surface area contributed by atoms with Gasteiger partial charge in [0.05, 0.1) is 32.0 Å². The van der Waals surface area contributed by atoms with Gasteiger partial charge in [-0.2, -0.15) is 0 Å². The van der Waals surface area contributed by atoms with E-state index in [-0.39, 0.29) is 36.4 Å². The molecule has 0 amide bonds. The SMILES string of the molecule is COC(=O)C[C@@H]1C(C)(C)[C@H](OC(C)=O)[C@@H]2C(=O)C1(C)[C@@H]1CC[C@]3(C)[C@@H](CC(=O)O[C@H]3c3ccoc3)[C@]13O[C@H]23. The molecule has 5 fully saturated rings. The molecule has 2 saturated heterocycles. The number of methoxy groups -OCH3 is 1. The summed E-state index contributed by atoms with van der Waals surface area (Å²) in [6.45, 7) is 9.38. The van der Waals surface area contributed by atoms with Crippen LogP contribution in [0.5, 0.6) is 0 Å². The molecule has 2 bridgehead atoms. The Kier molecular flexibility index (Phi) is 5.34. The van der Waals surface area contributed by atoms with E-state index in [4.69, 9.17) is 23.4 Å². The van der Waals surface area contributed by atoms with Gasteiger partial charge in [-0.05, 0) is 24.8 Å². The van der Waals surface area contributed by atoms with Crippen LogP contribution in [0.4, 0.5) is 0 Å². The lowest BCUT2D eigenvalue weighted by atomic mass is 9.37. The van der Waals surface area contributed by atoms with E-state index in [2.05, 4.69) is 6.92 Å². The number of carbonyl (C=O) groups is 4. The smallest absolute Gasteiger partial charge is 0.306 e. The molecule has 0 N–H and O–H groups in total. The van der Waals surface area contributed by atoms with Gasteiger partial charge >= 0.3 is 17.9 Å². The van der Waals surface area contributed by atoms with E-state index in [9.17, 15) is 19.2 Å². The number of rotatable bonds is 4. The van der Waals surface area contributed by atoms with E-state index in [0.29, 0.717) is 6.42 Å². The molecule has 0 radical (unpaired) electrons. The molecule has 6 rings (SSSR count). The van der Waals surface area contributed by atoms with Crippen molar-refractivity contribution in [3.05, 3.63) is 24.2 Å². The number of furan rings is 1. The van der Waals surface area contributed by atoms with Crippen molar-refractivity contribution in [1.29, 1.82) is 0 Å². The first-order valence-electron chi connectivity index (χ1n) is 13.5. The highest BCUT2D eigenvalue weighted by molar-refractivity contribution is 5.93. The molecule has 10 atom stereocenters. The molecular formula is C29H36O9. The van der Waals surface area contributed by atoms with Gasteiger partial charge in [0, 0.05) is 47.0 Å². The van der Waals surface area contributed by atoms with E-state index < -0.39 is 63.9 Å². The van der Waals surface area contributed by atoms with Crippen LogP contribution in [0.3, 0.4) is 0 Å². The molecule has 3 saturated carbocycles.